The summed E-state index contributed by atoms with van der Waals surface area (Å²) in [6, 6.07) is 0.495. The zero-order valence-corrected chi connectivity index (χ0v) is 13.0. The van der Waals surface area contributed by atoms with Crippen LogP contribution in [0.25, 0.3) is 0 Å². The Morgan fingerprint density at radius 2 is 2.00 bits per heavy atom. The Bertz CT molecular complexity index is 314. The molecule has 0 spiro atoms. The molecule has 0 aromatic heterocycles. The molecule has 1 saturated carbocycles. The molecule has 1 aliphatic carbocycles. The van der Waals surface area contributed by atoms with E-state index in [2.05, 4.69) is 23.9 Å². The number of carbonyl (C=O) groups is 2. The molecule has 0 heterocycles. The first-order valence-corrected chi connectivity index (χ1v) is 7.66. The number of rotatable bonds is 9. The van der Waals surface area contributed by atoms with Gasteiger partial charge in [0.25, 0.3) is 0 Å². The van der Waals surface area contributed by atoms with E-state index in [-0.39, 0.29) is 12.0 Å². The Morgan fingerprint density at radius 1 is 1.30 bits per heavy atom. The van der Waals surface area contributed by atoms with Crippen LogP contribution in [0, 0.1) is 5.92 Å². The summed E-state index contributed by atoms with van der Waals surface area (Å²) in [4.78, 5) is 25.0. The highest BCUT2D eigenvalue weighted by Gasteiger charge is 2.32. The third kappa shape index (κ3) is 6.78. The largest absolute Gasteiger partial charge is 0.469 e. The first-order chi connectivity index (χ1) is 9.54. The van der Waals surface area contributed by atoms with Crippen LogP contribution in [0.5, 0.6) is 0 Å². The van der Waals surface area contributed by atoms with Crippen LogP contribution in [0.2, 0.25) is 0 Å². The molecule has 0 bridgehead atoms. The lowest BCUT2D eigenvalue weighted by Crippen LogP contribution is -2.42. The molecule has 5 heteroatoms. The Morgan fingerprint density at radius 3 is 2.55 bits per heavy atom. The first-order valence-electron chi connectivity index (χ1n) is 7.66. The van der Waals surface area contributed by atoms with Crippen molar-refractivity contribution in [2.75, 3.05) is 20.2 Å². The van der Waals surface area contributed by atoms with Crippen molar-refractivity contribution in [1.82, 2.24) is 10.2 Å². The van der Waals surface area contributed by atoms with Gasteiger partial charge in [-0.05, 0) is 38.0 Å². The average Bonchev–Trinajstić information content (AvgIpc) is 3.22. The number of hydrogen-bond donors (Lipinski definition) is 1. The van der Waals surface area contributed by atoms with Crippen LogP contribution in [0.15, 0.2) is 0 Å². The summed E-state index contributed by atoms with van der Waals surface area (Å²) in [5, 5.41) is 2.95. The maximum absolute atomic E-state index is 12.1. The predicted molar refractivity (Wildman–Crippen MR) is 78.4 cm³/mol. The summed E-state index contributed by atoms with van der Waals surface area (Å²) >= 11 is 0. The average molecular weight is 284 g/mol. The van der Waals surface area contributed by atoms with Crippen molar-refractivity contribution in [2.45, 2.75) is 58.4 Å². The first kappa shape index (κ1) is 16.8. The van der Waals surface area contributed by atoms with Crippen molar-refractivity contribution in [3.05, 3.63) is 0 Å². The molecule has 1 aliphatic rings. The van der Waals surface area contributed by atoms with Gasteiger partial charge in [0.2, 0.25) is 0 Å². The summed E-state index contributed by atoms with van der Waals surface area (Å²) in [6.45, 7) is 5.82. The van der Waals surface area contributed by atoms with Crippen molar-refractivity contribution < 1.29 is 14.3 Å². The van der Waals surface area contributed by atoms with E-state index in [9.17, 15) is 9.59 Å². The number of methoxy groups -OCH3 is 1. The van der Waals surface area contributed by atoms with Crippen molar-refractivity contribution >= 4 is 12.0 Å². The van der Waals surface area contributed by atoms with E-state index in [1.807, 2.05) is 4.90 Å². The van der Waals surface area contributed by atoms with Crippen molar-refractivity contribution in [3.63, 3.8) is 0 Å². The number of amides is 2. The number of unbranched alkanes of at least 4 members (excludes halogenated alkanes) is 1. The monoisotopic (exact) mass is 284 g/mol. The molecular formula is C15H28N2O3. The standard InChI is InChI=1S/C15H28N2O3/c1-12(2)9-11-17(13-7-8-13)15(19)16-10-5-4-6-14(18)20-3/h12-13H,4-11H2,1-3H3,(H,16,19). The van der Waals surface area contributed by atoms with Crippen LogP contribution in [0.4, 0.5) is 4.79 Å². The number of nitrogens with zero attached hydrogens (tertiary/aromatic N) is 1. The van der Waals surface area contributed by atoms with Gasteiger partial charge in [-0.3, -0.25) is 4.79 Å². The molecular weight excluding hydrogens is 256 g/mol. The van der Waals surface area contributed by atoms with Gasteiger partial charge in [0, 0.05) is 25.6 Å². The number of hydrogen-bond acceptors (Lipinski definition) is 3. The Kier molecular flexibility index (Phi) is 7.41. The minimum Gasteiger partial charge on any atom is -0.469 e. The molecule has 116 valence electrons. The van der Waals surface area contributed by atoms with E-state index in [4.69, 9.17) is 0 Å². The minimum atomic E-state index is -0.187. The topological polar surface area (TPSA) is 58.6 Å². The summed E-state index contributed by atoms with van der Waals surface area (Å²) in [6.07, 6.45) is 5.30. The van der Waals surface area contributed by atoms with Crippen molar-refractivity contribution in [1.29, 1.82) is 0 Å². The van der Waals surface area contributed by atoms with E-state index in [0.29, 0.717) is 24.9 Å². The van der Waals surface area contributed by atoms with Crippen LogP contribution in [0.3, 0.4) is 0 Å². The van der Waals surface area contributed by atoms with Gasteiger partial charge in [0.1, 0.15) is 0 Å². The Balaban J connectivity index is 2.16. The van der Waals surface area contributed by atoms with Gasteiger partial charge in [0.15, 0.2) is 0 Å². The number of nitrogens with one attached hydrogen (secondary N) is 1. The van der Waals surface area contributed by atoms with Crippen molar-refractivity contribution in [2.24, 2.45) is 5.92 Å². The van der Waals surface area contributed by atoms with E-state index in [0.717, 1.165) is 38.6 Å². The van der Waals surface area contributed by atoms with E-state index in [1.54, 1.807) is 0 Å². The fourth-order valence-electron chi connectivity index (χ4n) is 2.03. The highest BCUT2D eigenvalue weighted by molar-refractivity contribution is 5.74. The molecule has 0 atom stereocenters. The van der Waals surface area contributed by atoms with Crippen molar-refractivity contribution in [3.8, 4) is 0 Å². The highest BCUT2D eigenvalue weighted by atomic mass is 16.5. The minimum absolute atomic E-state index is 0.0474. The fourth-order valence-corrected chi connectivity index (χ4v) is 2.03. The van der Waals surface area contributed by atoms with E-state index >= 15 is 0 Å². The molecule has 0 aliphatic heterocycles. The summed E-state index contributed by atoms with van der Waals surface area (Å²) in [5.74, 6) is 0.428. The third-order valence-electron chi connectivity index (χ3n) is 3.51. The molecule has 0 aromatic rings. The second kappa shape index (κ2) is 8.82. The van der Waals surface area contributed by atoms with Gasteiger partial charge in [-0.15, -0.1) is 0 Å². The maximum atomic E-state index is 12.1. The molecule has 1 N–H and O–H groups in total. The normalized spacial score (nSPS) is 14.2. The zero-order chi connectivity index (χ0) is 15.0. The summed E-state index contributed by atoms with van der Waals surface area (Å²) in [7, 11) is 1.40. The molecule has 2 amide bonds. The predicted octanol–water partition coefficient (Wildman–Crippen LogP) is 2.55. The lowest BCUT2D eigenvalue weighted by atomic mass is 10.1. The molecule has 0 aromatic carbocycles. The van der Waals surface area contributed by atoms with Crippen LogP contribution in [-0.2, 0) is 9.53 Å². The fraction of sp³-hybridized carbons (Fsp3) is 0.867. The van der Waals surface area contributed by atoms with Crippen LogP contribution >= 0.6 is 0 Å². The van der Waals surface area contributed by atoms with Gasteiger partial charge in [-0.1, -0.05) is 13.8 Å². The quantitative estimate of drug-likeness (QED) is 0.523. The SMILES string of the molecule is COC(=O)CCCCNC(=O)N(CCC(C)C)C1CC1. The third-order valence-corrected chi connectivity index (χ3v) is 3.51. The molecule has 20 heavy (non-hydrogen) atoms. The van der Waals surface area contributed by atoms with Gasteiger partial charge in [-0.2, -0.15) is 0 Å². The molecule has 5 nitrogen and oxygen atoms in total. The van der Waals surface area contributed by atoms with Crippen LogP contribution in [-0.4, -0.2) is 43.1 Å². The van der Waals surface area contributed by atoms with Gasteiger partial charge >= 0.3 is 12.0 Å². The van der Waals surface area contributed by atoms with Gasteiger partial charge < -0.3 is 15.0 Å². The molecule has 1 rings (SSSR count). The number of esters is 1. The molecule has 0 saturated heterocycles. The second-order valence-corrected chi connectivity index (χ2v) is 5.87. The smallest absolute Gasteiger partial charge is 0.317 e. The maximum Gasteiger partial charge on any atom is 0.317 e. The second-order valence-electron chi connectivity index (χ2n) is 5.87. The number of carbonyl (C=O) groups excluding carboxylic acids is 2. The van der Waals surface area contributed by atoms with Gasteiger partial charge in [0.05, 0.1) is 7.11 Å². The summed E-state index contributed by atoms with van der Waals surface area (Å²) < 4.78 is 4.58. The summed E-state index contributed by atoms with van der Waals surface area (Å²) in [5.41, 5.74) is 0. The zero-order valence-electron chi connectivity index (χ0n) is 13.0. The van der Waals surface area contributed by atoms with Gasteiger partial charge in [-0.25, -0.2) is 4.79 Å². The van der Waals surface area contributed by atoms with E-state index < -0.39 is 0 Å². The number of urea groups is 1. The molecule has 0 unspecified atom stereocenters. The van der Waals surface area contributed by atoms with E-state index in [1.165, 1.54) is 7.11 Å². The molecule has 1 fully saturated rings. The Hall–Kier alpha value is -1.26. The lowest BCUT2D eigenvalue weighted by molar-refractivity contribution is -0.140. The molecule has 0 radical (unpaired) electrons. The highest BCUT2D eigenvalue weighted by Crippen LogP contribution is 2.27. The van der Waals surface area contributed by atoms with Crippen LogP contribution < -0.4 is 5.32 Å². The lowest BCUT2D eigenvalue weighted by Gasteiger charge is -2.23. The van der Waals surface area contributed by atoms with Crippen LogP contribution in [0.1, 0.15) is 52.4 Å². The Labute approximate surface area is 122 Å². The number of ether oxygens (including phenoxy) is 1.